The summed E-state index contributed by atoms with van der Waals surface area (Å²) >= 11 is 0.238. The van der Waals surface area contributed by atoms with Crippen LogP contribution in [-0.2, 0) is 65.2 Å². The number of hydrogen-bond acceptors (Lipinski definition) is 20. The molecule has 0 radical (unpaired) electrons. The summed E-state index contributed by atoms with van der Waals surface area (Å²) in [6.07, 6.45) is -5.04. The smallest absolute Gasteiger partial charge is 0.306 e. The van der Waals surface area contributed by atoms with E-state index in [1.165, 1.54) is 0 Å². The Morgan fingerprint density at radius 3 is 2.35 bits per heavy atom. The molecule has 8 unspecified atom stereocenters. The minimum absolute atomic E-state index is 0.0276. The van der Waals surface area contributed by atoms with E-state index in [0.29, 0.717) is 19.3 Å². The lowest BCUT2D eigenvalue weighted by Crippen LogP contribution is -2.63. The third-order valence-electron chi connectivity index (χ3n) is 12.5. The Morgan fingerprint density at radius 1 is 1.00 bits per heavy atom. The van der Waals surface area contributed by atoms with Gasteiger partial charge in [-0.2, -0.15) is 0 Å². The number of aliphatic carboxylic acids is 1. The fraction of sp³-hybridized carbons (Fsp3) is 0.829. The fourth-order valence-corrected chi connectivity index (χ4v) is 11.1. The van der Waals surface area contributed by atoms with Crippen LogP contribution in [0.25, 0.3) is 0 Å². The van der Waals surface area contributed by atoms with Crippen LogP contribution in [0.4, 0.5) is 0 Å². The zero-order valence-electron chi connectivity index (χ0n) is 32.0. The van der Waals surface area contributed by atoms with Crippen LogP contribution in [0, 0.1) is 40.4 Å². The van der Waals surface area contributed by atoms with Gasteiger partial charge in [0.25, 0.3) is 0 Å². The van der Waals surface area contributed by atoms with Gasteiger partial charge < -0.3 is 40.2 Å². The number of carboxylic acid groups (broad SMARTS) is 1. The molecule has 0 aromatic carbocycles. The summed E-state index contributed by atoms with van der Waals surface area (Å²) in [4.78, 5) is 51.0. The quantitative estimate of drug-likeness (QED) is 0.0150. The maximum absolute atomic E-state index is 13.3. The van der Waals surface area contributed by atoms with Crippen molar-refractivity contribution in [3.05, 3.63) is 12.2 Å². The van der Waals surface area contributed by atoms with Gasteiger partial charge in [-0.3, -0.25) is 27.5 Å². The molecule has 4 aliphatic carbocycles. The van der Waals surface area contributed by atoms with E-state index in [9.17, 15) is 29.4 Å². The zero-order chi connectivity index (χ0) is 41.5. The number of fused-ring (bicyclic) bond motifs is 3. The number of aliphatic hydroxyl groups excluding tert-OH is 1. The Morgan fingerprint density at radius 2 is 1.70 bits per heavy atom. The lowest BCUT2D eigenvalue weighted by Gasteiger charge is -2.62. The number of hydrogen-bond donors (Lipinski definition) is 6. The summed E-state index contributed by atoms with van der Waals surface area (Å²) in [6, 6.07) is 0. The van der Waals surface area contributed by atoms with Crippen LogP contribution in [0.15, 0.2) is 12.2 Å². The van der Waals surface area contributed by atoms with Crippen molar-refractivity contribution in [2.24, 2.45) is 46.2 Å². The molecular weight excluding hydrogens is 801 g/mol. The molecule has 324 valence electrons. The zero-order valence-corrected chi connectivity index (χ0v) is 33.7. The second-order valence-electron chi connectivity index (χ2n) is 16.2. The fourth-order valence-electron chi connectivity index (χ4n) is 10.3. The van der Waals surface area contributed by atoms with E-state index < -0.39 is 90.1 Å². The molecular formula is C35H54N2O18S2. The van der Waals surface area contributed by atoms with Crippen molar-refractivity contribution < 1.29 is 86.0 Å². The molecule has 13 atom stereocenters. The second-order valence-corrected chi connectivity index (χ2v) is 17.1. The number of nitrogens with one attached hydrogen (secondary N) is 1. The van der Waals surface area contributed by atoms with E-state index in [1.54, 1.807) is 13.8 Å². The minimum Gasteiger partial charge on any atom is -0.481 e. The maximum Gasteiger partial charge on any atom is 0.306 e. The summed E-state index contributed by atoms with van der Waals surface area (Å²) in [7, 11) is 0. The van der Waals surface area contributed by atoms with Gasteiger partial charge in [-0.1, -0.05) is 37.4 Å². The van der Waals surface area contributed by atoms with Gasteiger partial charge >= 0.3 is 17.9 Å². The van der Waals surface area contributed by atoms with Crippen LogP contribution in [0.1, 0.15) is 85.0 Å². The molecule has 5 fully saturated rings. The number of ether oxygens (including phenoxy) is 4. The van der Waals surface area contributed by atoms with Gasteiger partial charge in [-0.05, 0) is 79.6 Å². The number of amides is 1. The molecule has 1 spiro atoms. The molecule has 1 heterocycles. The first-order valence-corrected chi connectivity index (χ1v) is 20.3. The van der Waals surface area contributed by atoms with Crippen molar-refractivity contribution in [3.63, 3.8) is 0 Å². The molecule has 1 amide bonds. The van der Waals surface area contributed by atoms with E-state index in [2.05, 4.69) is 37.6 Å². The first-order chi connectivity index (χ1) is 27.2. The molecule has 2 bridgehead atoms. The van der Waals surface area contributed by atoms with Crippen molar-refractivity contribution in [1.29, 1.82) is 0 Å². The first kappa shape index (κ1) is 45.9. The molecule has 1 saturated heterocycles. The standard InChI is InChI=1S/C35H54N2O18S2/c1-17(2)11-27(40)49-30-29(51-57-55-53-45)28(50-56-54-52-44)23(15-46-26(39)8-7-25(38)37-16-36)48-33(30)47-20-12-21(32(42)43)22-9-10-35-13-19(18(3)31(35)41)5-6-24(35)34(22,4)14-20/h17,19-24,28-31,33,41,44-45H,3,5-16,36H2,1-2,4H3,(H,37,38)(H,42,43)/t19?,20?,21?,22?,23-,24?,28+,29-,30?,31-,33+,34?,35?/m0/s1. The van der Waals surface area contributed by atoms with Crippen molar-refractivity contribution in [2.45, 2.75) is 128 Å². The lowest BCUT2D eigenvalue weighted by atomic mass is 9.43. The summed E-state index contributed by atoms with van der Waals surface area (Å²) in [5.74, 6) is -3.92. The molecule has 20 nitrogen and oxygen atoms in total. The molecule has 22 heteroatoms. The van der Waals surface area contributed by atoms with Crippen molar-refractivity contribution in [1.82, 2.24) is 5.32 Å². The number of carbonyl (C=O) groups excluding carboxylic acids is 3. The van der Waals surface area contributed by atoms with Crippen LogP contribution in [-0.4, -0.2) is 101 Å². The summed E-state index contributed by atoms with van der Waals surface area (Å²) < 4.78 is 44.8. The molecule has 0 aromatic heterocycles. The summed E-state index contributed by atoms with van der Waals surface area (Å²) in [5, 5.41) is 49.6. The summed E-state index contributed by atoms with van der Waals surface area (Å²) in [5.41, 5.74) is 5.15. The average molecular weight is 855 g/mol. The monoisotopic (exact) mass is 854 g/mol. The maximum atomic E-state index is 13.3. The Kier molecular flexibility index (Phi) is 16.4. The lowest BCUT2D eigenvalue weighted by molar-refractivity contribution is -0.436. The number of aliphatic hydroxyl groups is 1. The van der Waals surface area contributed by atoms with E-state index >= 15 is 0 Å². The minimum atomic E-state index is -1.51. The van der Waals surface area contributed by atoms with Crippen molar-refractivity contribution >= 4 is 48.5 Å². The third kappa shape index (κ3) is 10.4. The van der Waals surface area contributed by atoms with Gasteiger partial charge in [-0.25, -0.2) is 10.5 Å². The molecule has 5 aliphatic rings. The molecule has 7 N–H and O–H groups in total. The van der Waals surface area contributed by atoms with E-state index in [0.717, 1.165) is 24.8 Å². The number of carbonyl (C=O) groups is 4. The van der Waals surface area contributed by atoms with Gasteiger partial charge in [0.15, 0.2) is 37.0 Å². The van der Waals surface area contributed by atoms with Crippen LogP contribution < -0.4 is 11.1 Å². The molecule has 0 aromatic rings. The summed E-state index contributed by atoms with van der Waals surface area (Å²) in [6.45, 7) is 9.24. The van der Waals surface area contributed by atoms with E-state index in [4.69, 9.17) is 43.6 Å². The number of esters is 2. The Labute approximate surface area is 338 Å². The predicted molar refractivity (Wildman–Crippen MR) is 194 cm³/mol. The van der Waals surface area contributed by atoms with Gasteiger partial charge in [-0.15, -0.1) is 8.67 Å². The van der Waals surface area contributed by atoms with Gasteiger partial charge in [0, 0.05) is 18.3 Å². The van der Waals surface area contributed by atoms with Crippen LogP contribution in [0.3, 0.4) is 0 Å². The highest BCUT2D eigenvalue weighted by molar-refractivity contribution is 7.90. The second kappa shape index (κ2) is 20.4. The Balaban J connectivity index is 1.47. The highest BCUT2D eigenvalue weighted by Gasteiger charge is 2.67. The van der Waals surface area contributed by atoms with Gasteiger partial charge in [0.2, 0.25) is 5.91 Å². The van der Waals surface area contributed by atoms with E-state index in [1.807, 2.05) is 0 Å². The SMILES string of the molecule is C=C1C2CCC3C4(C)CC(O[C@@H]5O[C@@H](COC(=O)CCC(=O)NCN)[C@@H](OSOOO)[C@H](OSOOO)C5OC(=O)CC(C)C)CC(C(=O)O)C4CCC3(C2)[C@H]1O. The van der Waals surface area contributed by atoms with Crippen LogP contribution in [0.2, 0.25) is 0 Å². The van der Waals surface area contributed by atoms with E-state index in [-0.39, 0.29) is 80.7 Å². The number of carboxylic acids is 1. The normalized spacial score (nSPS) is 37.3. The largest absolute Gasteiger partial charge is 0.481 e. The van der Waals surface area contributed by atoms with Crippen LogP contribution in [0.5, 0.6) is 0 Å². The number of rotatable bonds is 20. The first-order valence-electron chi connectivity index (χ1n) is 19.0. The Hall–Kier alpha value is -2.16. The number of nitrogens with two attached hydrogens (primary N) is 1. The molecule has 57 heavy (non-hydrogen) atoms. The molecule has 5 rings (SSSR count). The molecule has 4 saturated carbocycles. The Bertz CT molecular complexity index is 1430. The predicted octanol–water partition coefficient (Wildman–Crippen LogP) is 3.39. The van der Waals surface area contributed by atoms with Crippen molar-refractivity contribution in [2.75, 3.05) is 13.3 Å². The topological polar surface area (TPSA) is 280 Å². The average Bonchev–Trinajstić information content (AvgIpc) is 3.33. The molecule has 1 aliphatic heterocycles. The van der Waals surface area contributed by atoms with Crippen LogP contribution >= 0.6 is 24.6 Å². The van der Waals surface area contributed by atoms with Crippen molar-refractivity contribution in [3.8, 4) is 0 Å². The highest BCUT2D eigenvalue weighted by Crippen LogP contribution is 2.70. The van der Waals surface area contributed by atoms with Gasteiger partial charge in [0.05, 0.1) is 31.2 Å². The third-order valence-corrected chi connectivity index (χ3v) is 13.4. The highest BCUT2D eigenvalue weighted by atomic mass is 32.2. The van der Waals surface area contributed by atoms with Gasteiger partial charge in [0.1, 0.15) is 24.9 Å².